The van der Waals surface area contributed by atoms with E-state index >= 15 is 0 Å². The van der Waals surface area contributed by atoms with Crippen LogP contribution < -0.4 is 0 Å². The Morgan fingerprint density at radius 1 is 1.58 bits per heavy atom. The van der Waals surface area contributed by atoms with Gasteiger partial charge in [0.1, 0.15) is 6.23 Å². The maximum Gasteiger partial charge on any atom is 0.227 e. The molecule has 1 amide bonds. The van der Waals surface area contributed by atoms with Gasteiger partial charge < -0.3 is 10.0 Å². The number of fused-ring (bicyclic) bond motifs is 2. The molecule has 1 aliphatic carbocycles. The summed E-state index contributed by atoms with van der Waals surface area (Å²) in [7, 11) is 0. The third kappa shape index (κ3) is 0.959. The number of amides is 1. The van der Waals surface area contributed by atoms with Crippen molar-refractivity contribution >= 4 is 5.91 Å². The lowest BCUT2D eigenvalue weighted by atomic mass is 9.96. The largest absolute Gasteiger partial charge is 0.373 e. The fourth-order valence-electron chi connectivity index (χ4n) is 2.47. The average molecular weight is 169 g/mol. The summed E-state index contributed by atoms with van der Waals surface area (Å²) >= 11 is 0. The third-order valence-electron chi connectivity index (χ3n) is 3.19. The van der Waals surface area contributed by atoms with E-state index in [1.54, 1.807) is 4.90 Å². The quantitative estimate of drug-likeness (QED) is 0.624. The van der Waals surface area contributed by atoms with E-state index in [-0.39, 0.29) is 11.8 Å². The molecule has 0 radical (unpaired) electrons. The molecule has 2 bridgehead atoms. The number of carbonyl (C=O) groups excluding carboxylic acids is 1. The Balaban J connectivity index is 2.20. The fraction of sp³-hybridized carbons (Fsp3) is 0.889. The van der Waals surface area contributed by atoms with Crippen LogP contribution in [0.4, 0.5) is 0 Å². The second kappa shape index (κ2) is 2.73. The van der Waals surface area contributed by atoms with Gasteiger partial charge in [-0.1, -0.05) is 0 Å². The topological polar surface area (TPSA) is 40.5 Å². The van der Waals surface area contributed by atoms with Crippen LogP contribution in [0.3, 0.4) is 0 Å². The molecule has 12 heavy (non-hydrogen) atoms. The highest BCUT2D eigenvalue weighted by molar-refractivity contribution is 5.80. The van der Waals surface area contributed by atoms with Gasteiger partial charge in [-0.3, -0.25) is 4.79 Å². The zero-order chi connectivity index (χ0) is 8.72. The average Bonchev–Trinajstić information content (AvgIpc) is 2.48. The van der Waals surface area contributed by atoms with Crippen LogP contribution in [0.2, 0.25) is 0 Å². The lowest BCUT2D eigenvalue weighted by Crippen LogP contribution is -2.49. The molecule has 0 aromatic heterocycles. The normalized spacial score (nSPS) is 40.7. The number of aliphatic hydroxyl groups is 1. The summed E-state index contributed by atoms with van der Waals surface area (Å²) in [5.41, 5.74) is 0. The van der Waals surface area contributed by atoms with E-state index in [1.165, 1.54) is 0 Å². The molecule has 3 atom stereocenters. The van der Waals surface area contributed by atoms with Crippen LogP contribution in [0, 0.1) is 11.8 Å². The molecule has 3 heteroatoms. The first-order valence-electron chi connectivity index (χ1n) is 4.72. The molecule has 3 unspecified atom stereocenters. The zero-order valence-electron chi connectivity index (χ0n) is 7.36. The molecule has 2 rings (SSSR count). The van der Waals surface area contributed by atoms with Crippen molar-refractivity contribution in [2.24, 2.45) is 11.8 Å². The highest BCUT2D eigenvalue weighted by Crippen LogP contribution is 2.39. The second-order valence-corrected chi connectivity index (χ2v) is 3.81. The number of aliphatic hydroxyl groups excluding tert-OH is 1. The van der Waals surface area contributed by atoms with Gasteiger partial charge in [0.05, 0.1) is 0 Å². The van der Waals surface area contributed by atoms with E-state index in [4.69, 9.17) is 0 Å². The van der Waals surface area contributed by atoms with Crippen molar-refractivity contribution in [3.8, 4) is 0 Å². The summed E-state index contributed by atoms with van der Waals surface area (Å²) in [6.07, 6.45) is 2.42. The third-order valence-corrected chi connectivity index (χ3v) is 3.19. The number of likely N-dealkylation sites (tertiary alicyclic amines) is 1. The summed E-state index contributed by atoms with van der Waals surface area (Å²) in [5.74, 6) is 0.741. The fourth-order valence-corrected chi connectivity index (χ4v) is 2.47. The van der Waals surface area contributed by atoms with Gasteiger partial charge in [-0.15, -0.1) is 0 Å². The highest BCUT2D eigenvalue weighted by atomic mass is 16.3. The number of hydrogen-bond acceptors (Lipinski definition) is 2. The molecule has 2 fully saturated rings. The van der Waals surface area contributed by atoms with Gasteiger partial charge in [-0.05, 0) is 26.2 Å². The first-order chi connectivity index (χ1) is 5.74. The number of nitrogens with zero attached hydrogens (tertiary/aromatic N) is 1. The Morgan fingerprint density at radius 3 is 3.00 bits per heavy atom. The summed E-state index contributed by atoms with van der Waals surface area (Å²) < 4.78 is 0. The predicted octanol–water partition coefficient (Wildman–Crippen LogP) is 0.583. The van der Waals surface area contributed by atoms with Gasteiger partial charge in [0.15, 0.2) is 0 Å². The molecule has 2 aliphatic rings. The molecule has 68 valence electrons. The molecule has 0 spiro atoms. The van der Waals surface area contributed by atoms with E-state index < -0.39 is 6.23 Å². The van der Waals surface area contributed by atoms with Gasteiger partial charge in [-0.25, -0.2) is 0 Å². The number of piperidine rings is 1. The van der Waals surface area contributed by atoms with E-state index in [1.807, 2.05) is 6.92 Å². The van der Waals surface area contributed by atoms with E-state index in [0.717, 1.165) is 19.3 Å². The SMILES string of the molecule is CCN1C(=O)C2CCC(C2)C1O. The van der Waals surface area contributed by atoms with Crippen LogP contribution in [-0.4, -0.2) is 28.7 Å². The summed E-state index contributed by atoms with van der Waals surface area (Å²) in [5, 5.41) is 9.73. The van der Waals surface area contributed by atoms with E-state index in [0.29, 0.717) is 12.5 Å². The minimum Gasteiger partial charge on any atom is -0.373 e. The minimum absolute atomic E-state index is 0.166. The minimum atomic E-state index is -0.499. The standard InChI is InChI=1S/C9H15NO2/c1-2-10-8(11)6-3-4-7(5-6)9(10)12/h6-8,11H,2-5H2,1H3. The smallest absolute Gasteiger partial charge is 0.227 e. The van der Waals surface area contributed by atoms with Gasteiger partial charge in [0.2, 0.25) is 5.91 Å². The Labute approximate surface area is 72.4 Å². The Hall–Kier alpha value is -0.570. The molecule has 1 aliphatic heterocycles. The maximum atomic E-state index is 11.6. The molecule has 1 N–H and O–H groups in total. The first-order valence-corrected chi connectivity index (χ1v) is 4.72. The summed E-state index contributed by atoms with van der Waals surface area (Å²) in [6, 6.07) is 0. The van der Waals surface area contributed by atoms with E-state index in [2.05, 4.69) is 0 Å². The molecule has 1 saturated heterocycles. The summed E-state index contributed by atoms with van der Waals surface area (Å²) in [6.45, 7) is 2.57. The Kier molecular flexibility index (Phi) is 1.83. The predicted molar refractivity (Wildman–Crippen MR) is 44.2 cm³/mol. The van der Waals surface area contributed by atoms with Gasteiger partial charge in [-0.2, -0.15) is 0 Å². The van der Waals surface area contributed by atoms with Crippen molar-refractivity contribution in [2.75, 3.05) is 6.54 Å². The lowest BCUT2D eigenvalue weighted by molar-refractivity contribution is -0.154. The number of rotatable bonds is 1. The summed E-state index contributed by atoms with van der Waals surface area (Å²) in [4.78, 5) is 13.2. The van der Waals surface area contributed by atoms with Gasteiger partial charge >= 0.3 is 0 Å². The monoisotopic (exact) mass is 169 g/mol. The lowest BCUT2D eigenvalue weighted by Gasteiger charge is -2.35. The van der Waals surface area contributed by atoms with Crippen molar-refractivity contribution in [1.29, 1.82) is 0 Å². The number of carbonyl (C=O) groups is 1. The van der Waals surface area contributed by atoms with Crippen molar-refractivity contribution in [3.63, 3.8) is 0 Å². The molecule has 0 aromatic carbocycles. The van der Waals surface area contributed by atoms with Crippen LogP contribution in [0.25, 0.3) is 0 Å². The molecule has 3 nitrogen and oxygen atoms in total. The van der Waals surface area contributed by atoms with Crippen molar-refractivity contribution in [1.82, 2.24) is 4.90 Å². The number of hydrogen-bond donors (Lipinski definition) is 1. The van der Waals surface area contributed by atoms with Crippen LogP contribution in [0.15, 0.2) is 0 Å². The van der Waals surface area contributed by atoms with Crippen molar-refractivity contribution < 1.29 is 9.90 Å². The molecule has 1 heterocycles. The Bertz CT molecular complexity index is 205. The Morgan fingerprint density at radius 2 is 2.33 bits per heavy atom. The zero-order valence-corrected chi connectivity index (χ0v) is 7.36. The van der Waals surface area contributed by atoms with E-state index in [9.17, 15) is 9.90 Å². The molecular weight excluding hydrogens is 154 g/mol. The van der Waals surface area contributed by atoms with Crippen LogP contribution in [0.1, 0.15) is 26.2 Å². The molecule has 0 aromatic rings. The van der Waals surface area contributed by atoms with Gasteiger partial charge in [0.25, 0.3) is 0 Å². The first kappa shape index (κ1) is 8.05. The highest BCUT2D eigenvalue weighted by Gasteiger charge is 2.44. The molecular formula is C9H15NO2. The second-order valence-electron chi connectivity index (χ2n) is 3.81. The van der Waals surface area contributed by atoms with Crippen molar-refractivity contribution in [2.45, 2.75) is 32.4 Å². The van der Waals surface area contributed by atoms with Crippen molar-refractivity contribution in [3.05, 3.63) is 0 Å². The van der Waals surface area contributed by atoms with Crippen LogP contribution in [-0.2, 0) is 4.79 Å². The van der Waals surface area contributed by atoms with Crippen LogP contribution in [0.5, 0.6) is 0 Å². The van der Waals surface area contributed by atoms with Crippen LogP contribution >= 0.6 is 0 Å². The van der Waals surface area contributed by atoms with Gasteiger partial charge in [0, 0.05) is 18.4 Å². The molecule has 1 saturated carbocycles. The maximum absolute atomic E-state index is 11.6.